The van der Waals surface area contributed by atoms with Crippen molar-refractivity contribution < 1.29 is 9.59 Å². The monoisotopic (exact) mass is 359 g/mol. The summed E-state index contributed by atoms with van der Waals surface area (Å²) in [6, 6.07) is 8.51. The minimum absolute atomic E-state index is 0.0857. The Morgan fingerprint density at radius 2 is 2.00 bits per heavy atom. The van der Waals surface area contributed by atoms with Crippen LogP contribution >= 0.6 is 11.3 Å². The van der Waals surface area contributed by atoms with E-state index in [9.17, 15) is 9.59 Å². The SMILES string of the molecule is NC(=O)Nc1sc(-c2ccc(N)cc2)cc1C(=O)N[C@H]1CCCNC1. The Hall–Kier alpha value is -2.58. The van der Waals surface area contributed by atoms with Gasteiger partial charge >= 0.3 is 6.03 Å². The molecule has 25 heavy (non-hydrogen) atoms. The molecular formula is C17H21N5O2S. The number of piperidine rings is 1. The van der Waals surface area contributed by atoms with Crippen LogP contribution in [0.2, 0.25) is 0 Å². The largest absolute Gasteiger partial charge is 0.399 e. The number of benzene rings is 1. The van der Waals surface area contributed by atoms with E-state index >= 15 is 0 Å². The lowest BCUT2D eigenvalue weighted by Crippen LogP contribution is -2.45. The lowest BCUT2D eigenvalue weighted by Gasteiger charge is -2.23. The Kier molecular flexibility index (Phi) is 5.20. The average Bonchev–Trinajstić information content (AvgIpc) is 2.99. The number of amides is 3. The molecule has 1 saturated heterocycles. The number of nitrogens with one attached hydrogen (secondary N) is 3. The predicted molar refractivity (Wildman–Crippen MR) is 101 cm³/mol. The molecule has 1 fully saturated rings. The molecule has 132 valence electrons. The molecule has 3 rings (SSSR count). The normalized spacial score (nSPS) is 17.0. The number of thiophene rings is 1. The number of carbonyl (C=O) groups excluding carboxylic acids is 2. The van der Waals surface area contributed by atoms with Crippen LogP contribution in [-0.4, -0.2) is 31.1 Å². The summed E-state index contributed by atoms with van der Waals surface area (Å²) in [6.45, 7) is 1.72. The molecule has 1 aliphatic rings. The summed E-state index contributed by atoms with van der Waals surface area (Å²) in [5.41, 5.74) is 13.0. The number of urea groups is 1. The third kappa shape index (κ3) is 4.28. The predicted octanol–water partition coefficient (Wildman–Crippen LogP) is 1.97. The minimum atomic E-state index is -0.695. The van der Waals surface area contributed by atoms with Gasteiger partial charge in [0.25, 0.3) is 5.91 Å². The Morgan fingerprint density at radius 1 is 1.24 bits per heavy atom. The maximum Gasteiger partial charge on any atom is 0.317 e. The molecule has 1 aromatic heterocycles. The average molecular weight is 359 g/mol. The zero-order chi connectivity index (χ0) is 17.8. The van der Waals surface area contributed by atoms with Crippen LogP contribution in [0.1, 0.15) is 23.2 Å². The quantitative estimate of drug-likeness (QED) is 0.536. The fourth-order valence-electron chi connectivity index (χ4n) is 2.79. The summed E-state index contributed by atoms with van der Waals surface area (Å²) in [5.74, 6) is -0.213. The van der Waals surface area contributed by atoms with E-state index < -0.39 is 6.03 Å². The van der Waals surface area contributed by atoms with Gasteiger partial charge in [-0.3, -0.25) is 10.1 Å². The number of hydrogen-bond acceptors (Lipinski definition) is 5. The van der Waals surface area contributed by atoms with E-state index in [1.54, 1.807) is 18.2 Å². The van der Waals surface area contributed by atoms with Crippen molar-refractivity contribution in [3.63, 3.8) is 0 Å². The minimum Gasteiger partial charge on any atom is -0.399 e. The first-order chi connectivity index (χ1) is 12.0. The third-order valence-electron chi connectivity index (χ3n) is 4.04. The fourth-order valence-corrected chi connectivity index (χ4v) is 3.86. The van der Waals surface area contributed by atoms with Gasteiger partial charge < -0.3 is 22.1 Å². The third-order valence-corrected chi connectivity index (χ3v) is 5.14. The summed E-state index contributed by atoms with van der Waals surface area (Å²) in [7, 11) is 0. The van der Waals surface area contributed by atoms with Crippen LogP contribution in [0, 0.1) is 0 Å². The zero-order valence-electron chi connectivity index (χ0n) is 13.7. The lowest BCUT2D eigenvalue weighted by molar-refractivity contribution is 0.0932. The summed E-state index contributed by atoms with van der Waals surface area (Å²) in [4.78, 5) is 24.8. The molecule has 8 heteroatoms. The molecule has 2 heterocycles. The summed E-state index contributed by atoms with van der Waals surface area (Å²) < 4.78 is 0. The lowest BCUT2D eigenvalue weighted by atomic mass is 10.1. The van der Waals surface area contributed by atoms with Gasteiger partial charge in [-0.25, -0.2) is 4.79 Å². The zero-order valence-corrected chi connectivity index (χ0v) is 14.5. The van der Waals surface area contributed by atoms with Crippen molar-refractivity contribution >= 4 is 34.0 Å². The Bertz CT molecular complexity index is 766. The number of rotatable bonds is 4. The number of nitrogen functional groups attached to an aromatic ring is 1. The highest BCUT2D eigenvalue weighted by Gasteiger charge is 2.21. The van der Waals surface area contributed by atoms with Crippen LogP contribution in [0.15, 0.2) is 30.3 Å². The number of carbonyl (C=O) groups is 2. The van der Waals surface area contributed by atoms with Crippen LogP contribution in [0.4, 0.5) is 15.5 Å². The first-order valence-corrected chi connectivity index (χ1v) is 8.92. The van der Waals surface area contributed by atoms with Crippen LogP contribution in [0.3, 0.4) is 0 Å². The van der Waals surface area contributed by atoms with Gasteiger partial charge in [0.2, 0.25) is 0 Å². The van der Waals surface area contributed by atoms with Crippen molar-refractivity contribution in [3.8, 4) is 10.4 Å². The van der Waals surface area contributed by atoms with E-state index in [-0.39, 0.29) is 11.9 Å². The van der Waals surface area contributed by atoms with Gasteiger partial charge in [0.15, 0.2) is 0 Å². The number of anilines is 2. The number of primary amides is 1. The standard InChI is InChI=1S/C17H21N5O2S/c18-11-5-3-10(4-6-11)14-8-13(16(25-14)22-17(19)24)15(23)21-12-2-1-7-20-9-12/h3-6,8,12,20H,1-2,7,9,18H2,(H,21,23)(H3,19,22,24)/t12-/m0/s1. The maximum absolute atomic E-state index is 12.7. The highest BCUT2D eigenvalue weighted by atomic mass is 32.1. The molecule has 0 aliphatic carbocycles. The summed E-state index contributed by atoms with van der Waals surface area (Å²) in [5, 5.41) is 9.27. The fraction of sp³-hybridized carbons (Fsp3) is 0.294. The van der Waals surface area contributed by atoms with Crippen LogP contribution in [0.25, 0.3) is 10.4 Å². The van der Waals surface area contributed by atoms with Gasteiger partial charge in [-0.1, -0.05) is 12.1 Å². The molecule has 0 saturated carbocycles. The molecule has 1 aromatic carbocycles. The molecule has 3 amide bonds. The summed E-state index contributed by atoms with van der Waals surface area (Å²) in [6.07, 6.45) is 1.96. The van der Waals surface area contributed by atoms with Gasteiger partial charge in [0, 0.05) is 23.2 Å². The second-order valence-electron chi connectivity index (χ2n) is 5.98. The van der Waals surface area contributed by atoms with Crippen molar-refractivity contribution in [2.45, 2.75) is 18.9 Å². The Balaban J connectivity index is 1.86. The highest BCUT2D eigenvalue weighted by Crippen LogP contribution is 2.35. The molecule has 2 aromatic rings. The van der Waals surface area contributed by atoms with Gasteiger partial charge in [-0.05, 0) is 43.1 Å². The summed E-state index contributed by atoms with van der Waals surface area (Å²) >= 11 is 1.31. The van der Waals surface area contributed by atoms with Crippen LogP contribution in [-0.2, 0) is 0 Å². The number of nitrogens with two attached hydrogens (primary N) is 2. The molecular weight excluding hydrogens is 338 g/mol. The van der Waals surface area contributed by atoms with Crippen molar-refractivity contribution in [2.75, 3.05) is 24.1 Å². The maximum atomic E-state index is 12.7. The highest BCUT2D eigenvalue weighted by molar-refractivity contribution is 7.20. The van der Waals surface area contributed by atoms with E-state index in [1.807, 2.05) is 12.1 Å². The van der Waals surface area contributed by atoms with Crippen LogP contribution < -0.4 is 27.4 Å². The van der Waals surface area contributed by atoms with Gasteiger partial charge in [-0.2, -0.15) is 0 Å². The van der Waals surface area contributed by atoms with E-state index in [0.717, 1.165) is 36.4 Å². The van der Waals surface area contributed by atoms with Gasteiger partial charge in [-0.15, -0.1) is 11.3 Å². The molecule has 0 unspecified atom stereocenters. The smallest absolute Gasteiger partial charge is 0.317 e. The topological polar surface area (TPSA) is 122 Å². The second kappa shape index (κ2) is 7.54. The Labute approximate surface area is 149 Å². The van der Waals surface area contributed by atoms with Crippen LogP contribution in [0.5, 0.6) is 0 Å². The molecule has 7 nitrogen and oxygen atoms in total. The molecule has 0 radical (unpaired) electrons. The van der Waals surface area contributed by atoms with Crippen molar-refractivity contribution in [2.24, 2.45) is 5.73 Å². The van der Waals surface area contributed by atoms with E-state index in [1.165, 1.54) is 11.3 Å². The van der Waals surface area contributed by atoms with Crippen molar-refractivity contribution in [1.29, 1.82) is 0 Å². The van der Waals surface area contributed by atoms with E-state index in [2.05, 4.69) is 16.0 Å². The number of hydrogen-bond donors (Lipinski definition) is 5. The molecule has 7 N–H and O–H groups in total. The van der Waals surface area contributed by atoms with Crippen molar-refractivity contribution in [3.05, 3.63) is 35.9 Å². The molecule has 0 bridgehead atoms. The van der Waals surface area contributed by atoms with Gasteiger partial charge in [0.1, 0.15) is 5.00 Å². The molecule has 0 spiro atoms. The second-order valence-corrected chi connectivity index (χ2v) is 7.03. The first kappa shape index (κ1) is 17.2. The van der Waals surface area contributed by atoms with E-state index in [4.69, 9.17) is 11.5 Å². The Morgan fingerprint density at radius 3 is 2.64 bits per heavy atom. The van der Waals surface area contributed by atoms with Crippen molar-refractivity contribution in [1.82, 2.24) is 10.6 Å². The molecule has 1 atom stereocenters. The van der Waals surface area contributed by atoms with E-state index in [0.29, 0.717) is 16.3 Å². The van der Waals surface area contributed by atoms with Gasteiger partial charge in [0.05, 0.1) is 5.56 Å². The first-order valence-electron chi connectivity index (χ1n) is 8.10. The molecule has 1 aliphatic heterocycles.